The Kier molecular flexibility index (Phi) is 6.06. The van der Waals surface area contributed by atoms with Crippen molar-refractivity contribution in [3.8, 4) is 5.75 Å². The average molecular weight is 342 g/mol. The molecule has 1 aliphatic rings. The number of H-pyrrole nitrogens is 1. The lowest BCUT2D eigenvalue weighted by Gasteiger charge is -2.30. The molecule has 1 amide bonds. The van der Waals surface area contributed by atoms with Crippen LogP contribution in [0.15, 0.2) is 36.7 Å². The van der Waals surface area contributed by atoms with E-state index in [0.717, 1.165) is 31.7 Å². The number of amides is 1. The number of carbonyl (C=O) groups excluding carboxylic acids is 1. The van der Waals surface area contributed by atoms with Gasteiger partial charge in [0.2, 0.25) is 5.91 Å². The van der Waals surface area contributed by atoms with Crippen molar-refractivity contribution < 1.29 is 9.53 Å². The van der Waals surface area contributed by atoms with Crippen molar-refractivity contribution in [2.24, 2.45) is 0 Å². The van der Waals surface area contributed by atoms with Gasteiger partial charge in [-0.2, -0.15) is 5.10 Å². The fourth-order valence-corrected chi connectivity index (χ4v) is 3.23. The molecular formula is C19H26N4O2. The van der Waals surface area contributed by atoms with Gasteiger partial charge < -0.3 is 10.1 Å². The Labute approximate surface area is 148 Å². The van der Waals surface area contributed by atoms with Gasteiger partial charge in [-0.1, -0.05) is 12.1 Å². The van der Waals surface area contributed by atoms with Crippen molar-refractivity contribution in [3.05, 3.63) is 47.8 Å². The van der Waals surface area contributed by atoms with Crippen LogP contribution in [-0.4, -0.2) is 53.8 Å². The van der Waals surface area contributed by atoms with Crippen LogP contribution >= 0.6 is 0 Å². The zero-order chi connectivity index (χ0) is 17.5. The maximum atomic E-state index is 12.1. The largest absolute Gasteiger partial charge is 0.492 e. The highest BCUT2D eigenvalue weighted by Crippen LogP contribution is 2.26. The molecule has 0 spiro atoms. The summed E-state index contributed by atoms with van der Waals surface area (Å²) in [5.41, 5.74) is 2.44. The zero-order valence-electron chi connectivity index (χ0n) is 14.7. The van der Waals surface area contributed by atoms with Gasteiger partial charge >= 0.3 is 0 Å². The summed E-state index contributed by atoms with van der Waals surface area (Å²) in [5, 5.41) is 9.83. The molecule has 134 valence electrons. The van der Waals surface area contributed by atoms with Crippen molar-refractivity contribution in [1.29, 1.82) is 0 Å². The predicted molar refractivity (Wildman–Crippen MR) is 96.7 cm³/mol. The molecular weight excluding hydrogens is 316 g/mol. The standard InChI is InChI=1S/C19H26N4O2/c1-15-3-2-4-18(11-15)25-10-7-20-19(24)14-23-8-5-16(6-9-23)17-12-21-22-13-17/h2-4,11-13,16H,5-10,14H2,1H3,(H,20,24)(H,21,22). The number of hydrogen-bond acceptors (Lipinski definition) is 4. The lowest BCUT2D eigenvalue weighted by atomic mass is 9.91. The lowest BCUT2D eigenvalue weighted by molar-refractivity contribution is -0.122. The van der Waals surface area contributed by atoms with Crippen LogP contribution in [0.4, 0.5) is 0 Å². The highest BCUT2D eigenvalue weighted by atomic mass is 16.5. The van der Waals surface area contributed by atoms with Crippen LogP contribution in [0.25, 0.3) is 0 Å². The van der Waals surface area contributed by atoms with Gasteiger partial charge in [0.05, 0.1) is 19.3 Å². The van der Waals surface area contributed by atoms with E-state index in [1.165, 1.54) is 11.1 Å². The summed E-state index contributed by atoms with van der Waals surface area (Å²) < 4.78 is 5.65. The number of ether oxygens (including phenoxy) is 1. The van der Waals surface area contributed by atoms with Gasteiger partial charge in [-0.15, -0.1) is 0 Å². The molecule has 1 fully saturated rings. The molecule has 6 heteroatoms. The number of rotatable bonds is 7. The summed E-state index contributed by atoms with van der Waals surface area (Å²) >= 11 is 0. The van der Waals surface area contributed by atoms with Crippen LogP contribution in [0, 0.1) is 6.92 Å². The number of piperidine rings is 1. The van der Waals surface area contributed by atoms with Gasteiger partial charge in [0.1, 0.15) is 12.4 Å². The van der Waals surface area contributed by atoms with E-state index in [-0.39, 0.29) is 5.91 Å². The predicted octanol–water partition coefficient (Wildman–Crippen LogP) is 2.09. The molecule has 6 nitrogen and oxygen atoms in total. The van der Waals surface area contributed by atoms with Gasteiger partial charge in [0.25, 0.3) is 0 Å². The van der Waals surface area contributed by atoms with Crippen molar-refractivity contribution in [2.75, 3.05) is 32.8 Å². The van der Waals surface area contributed by atoms with E-state index in [4.69, 9.17) is 4.74 Å². The van der Waals surface area contributed by atoms with Crippen LogP contribution in [0.1, 0.15) is 29.9 Å². The van der Waals surface area contributed by atoms with Crippen LogP contribution in [0.5, 0.6) is 5.75 Å². The number of nitrogens with zero attached hydrogens (tertiary/aromatic N) is 2. The second-order valence-corrected chi connectivity index (χ2v) is 6.60. The van der Waals surface area contributed by atoms with E-state index in [9.17, 15) is 4.79 Å². The number of nitrogens with one attached hydrogen (secondary N) is 2. The smallest absolute Gasteiger partial charge is 0.234 e. The lowest BCUT2D eigenvalue weighted by Crippen LogP contribution is -2.42. The first kappa shape index (κ1) is 17.5. The zero-order valence-corrected chi connectivity index (χ0v) is 14.7. The quantitative estimate of drug-likeness (QED) is 0.756. The molecule has 0 radical (unpaired) electrons. The molecule has 0 unspecified atom stereocenters. The summed E-state index contributed by atoms with van der Waals surface area (Å²) in [4.78, 5) is 14.3. The van der Waals surface area contributed by atoms with Crippen LogP contribution in [-0.2, 0) is 4.79 Å². The Morgan fingerprint density at radius 3 is 2.96 bits per heavy atom. The van der Waals surface area contributed by atoms with Gasteiger partial charge in [-0.05, 0) is 62.0 Å². The van der Waals surface area contributed by atoms with E-state index >= 15 is 0 Å². The molecule has 0 atom stereocenters. The van der Waals surface area contributed by atoms with E-state index < -0.39 is 0 Å². The van der Waals surface area contributed by atoms with E-state index in [0.29, 0.717) is 25.6 Å². The summed E-state index contributed by atoms with van der Waals surface area (Å²) in [6.45, 7) is 5.40. The Hall–Kier alpha value is -2.34. The molecule has 1 aromatic heterocycles. The van der Waals surface area contributed by atoms with Gasteiger partial charge in [-0.3, -0.25) is 14.8 Å². The molecule has 3 rings (SSSR count). The fraction of sp³-hybridized carbons (Fsp3) is 0.474. The molecule has 2 N–H and O–H groups in total. The molecule has 1 aromatic carbocycles. The molecule has 0 aliphatic carbocycles. The highest BCUT2D eigenvalue weighted by Gasteiger charge is 2.22. The Morgan fingerprint density at radius 2 is 2.24 bits per heavy atom. The highest BCUT2D eigenvalue weighted by molar-refractivity contribution is 5.78. The van der Waals surface area contributed by atoms with Crippen LogP contribution < -0.4 is 10.1 Å². The number of likely N-dealkylation sites (tertiary alicyclic amines) is 1. The van der Waals surface area contributed by atoms with Gasteiger partial charge in [0, 0.05) is 6.20 Å². The molecule has 25 heavy (non-hydrogen) atoms. The van der Waals surface area contributed by atoms with Crippen molar-refractivity contribution in [1.82, 2.24) is 20.4 Å². The fourth-order valence-electron chi connectivity index (χ4n) is 3.23. The average Bonchev–Trinajstić information content (AvgIpc) is 3.14. The molecule has 0 saturated carbocycles. The van der Waals surface area contributed by atoms with Crippen LogP contribution in [0.3, 0.4) is 0 Å². The van der Waals surface area contributed by atoms with Crippen molar-refractivity contribution in [3.63, 3.8) is 0 Å². The molecule has 2 heterocycles. The Bertz CT molecular complexity index is 664. The molecule has 1 saturated heterocycles. The SMILES string of the molecule is Cc1cccc(OCCNC(=O)CN2CCC(c3cn[nH]c3)CC2)c1. The summed E-state index contributed by atoms with van der Waals surface area (Å²) in [6, 6.07) is 7.92. The van der Waals surface area contributed by atoms with Gasteiger partial charge in [0.15, 0.2) is 0 Å². The Morgan fingerprint density at radius 1 is 1.40 bits per heavy atom. The third-order valence-electron chi connectivity index (χ3n) is 4.63. The molecule has 1 aliphatic heterocycles. The van der Waals surface area contributed by atoms with E-state index in [2.05, 4.69) is 20.4 Å². The monoisotopic (exact) mass is 342 g/mol. The maximum absolute atomic E-state index is 12.1. The third-order valence-corrected chi connectivity index (χ3v) is 4.63. The summed E-state index contributed by atoms with van der Waals surface area (Å²) in [7, 11) is 0. The summed E-state index contributed by atoms with van der Waals surface area (Å²) in [6.07, 6.45) is 6.02. The maximum Gasteiger partial charge on any atom is 0.234 e. The number of carbonyl (C=O) groups is 1. The summed E-state index contributed by atoms with van der Waals surface area (Å²) in [5.74, 6) is 1.46. The number of benzene rings is 1. The number of aromatic amines is 1. The van der Waals surface area contributed by atoms with Crippen LogP contribution in [0.2, 0.25) is 0 Å². The van der Waals surface area contributed by atoms with E-state index in [1.807, 2.05) is 43.6 Å². The van der Waals surface area contributed by atoms with Crippen molar-refractivity contribution >= 4 is 5.91 Å². The Balaban J connectivity index is 1.31. The number of aromatic nitrogens is 2. The van der Waals surface area contributed by atoms with Gasteiger partial charge in [-0.25, -0.2) is 0 Å². The second-order valence-electron chi connectivity index (χ2n) is 6.60. The number of hydrogen-bond donors (Lipinski definition) is 2. The topological polar surface area (TPSA) is 70.2 Å². The first-order valence-electron chi connectivity index (χ1n) is 8.88. The third kappa shape index (κ3) is 5.32. The minimum Gasteiger partial charge on any atom is -0.492 e. The van der Waals surface area contributed by atoms with E-state index in [1.54, 1.807) is 0 Å². The minimum atomic E-state index is 0.0644. The normalized spacial score (nSPS) is 15.9. The minimum absolute atomic E-state index is 0.0644. The molecule has 0 bridgehead atoms. The molecule has 2 aromatic rings. The van der Waals surface area contributed by atoms with Crippen molar-refractivity contribution in [2.45, 2.75) is 25.7 Å². The second kappa shape index (κ2) is 8.67. The first-order valence-corrected chi connectivity index (χ1v) is 8.88. The number of aryl methyl sites for hydroxylation is 1. The first-order chi connectivity index (χ1) is 12.2.